The topological polar surface area (TPSA) is 80.7 Å². The van der Waals surface area contributed by atoms with Crippen molar-refractivity contribution in [3.05, 3.63) is 53.5 Å². The molecule has 0 unspecified atom stereocenters. The molecular weight excluding hydrogens is 339 g/mol. The Hall–Kier alpha value is -2.67. The summed E-state index contributed by atoms with van der Waals surface area (Å²) in [6.07, 6.45) is 2.36. The standard InChI is InChI=1S/C19H21FN2O4/c1-25-15-5-3-4-14(20)17(15)19(24)22-18(12-8-13(23)9-12)11-6-7-16(26-2)21-10-11/h3-7,10,12-13,18,23H,8-9H2,1-2H3,(H,22,24)/t12?,13?,18-/m0/s1. The summed E-state index contributed by atoms with van der Waals surface area (Å²) in [7, 11) is 2.91. The van der Waals surface area contributed by atoms with Crippen molar-refractivity contribution in [3.63, 3.8) is 0 Å². The fourth-order valence-corrected chi connectivity index (χ4v) is 3.18. The number of hydrogen-bond acceptors (Lipinski definition) is 5. The number of rotatable bonds is 6. The van der Waals surface area contributed by atoms with Gasteiger partial charge >= 0.3 is 0 Å². The maximum Gasteiger partial charge on any atom is 0.258 e. The number of benzene rings is 1. The molecule has 3 rings (SSSR count). The number of carbonyl (C=O) groups is 1. The maximum atomic E-state index is 14.2. The molecule has 0 bridgehead atoms. The third kappa shape index (κ3) is 3.62. The van der Waals surface area contributed by atoms with Gasteiger partial charge < -0.3 is 19.9 Å². The van der Waals surface area contributed by atoms with E-state index in [-0.39, 0.29) is 23.3 Å². The number of hydrogen-bond donors (Lipinski definition) is 2. The molecule has 1 fully saturated rings. The first-order chi connectivity index (χ1) is 12.5. The van der Waals surface area contributed by atoms with Gasteiger partial charge in [-0.25, -0.2) is 9.37 Å². The summed E-state index contributed by atoms with van der Waals surface area (Å²) < 4.78 is 24.4. The van der Waals surface area contributed by atoms with Gasteiger partial charge in [-0.15, -0.1) is 0 Å². The first-order valence-electron chi connectivity index (χ1n) is 8.34. The average molecular weight is 360 g/mol. The van der Waals surface area contributed by atoms with Crippen LogP contribution in [0.1, 0.15) is 34.8 Å². The van der Waals surface area contributed by atoms with Crippen molar-refractivity contribution >= 4 is 5.91 Å². The molecule has 1 aromatic heterocycles. The molecule has 1 amide bonds. The van der Waals surface area contributed by atoms with Crippen LogP contribution in [0.2, 0.25) is 0 Å². The summed E-state index contributed by atoms with van der Waals surface area (Å²) >= 11 is 0. The van der Waals surface area contributed by atoms with E-state index in [4.69, 9.17) is 9.47 Å². The fraction of sp³-hybridized carbons (Fsp3) is 0.368. The average Bonchev–Trinajstić information content (AvgIpc) is 2.63. The second-order valence-corrected chi connectivity index (χ2v) is 6.29. The van der Waals surface area contributed by atoms with E-state index in [2.05, 4.69) is 10.3 Å². The summed E-state index contributed by atoms with van der Waals surface area (Å²) in [5.41, 5.74) is 0.632. The number of nitrogens with zero attached hydrogens (tertiary/aromatic N) is 1. The van der Waals surface area contributed by atoms with Crippen LogP contribution in [0.5, 0.6) is 11.6 Å². The van der Waals surface area contributed by atoms with Crippen LogP contribution in [0.4, 0.5) is 4.39 Å². The third-order valence-corrected chi connectivity index (χ3v) is 4.66. The Kier molecular flexibility index (Phi) is 5.37. The van der Waals surface area contributed by atoms with E-state index in [1.54, 1.807) is 18.3 Å². The van der Waals surface area contributed by atoms with Crippen LogP contribution in [-0.2, 0) is 0 Å². The molecule has 0 radical (unpaired) electrons. The number of halogens is 1. The highest BCUT2D eigenvalue weighted by molar-refractivity contribution is 5.97. The van der Waals surface area contributed by atoms with Gasteiger partial charge in [-0.2, -0.15) is 0 Å². The van der Waals surface area contributed by atoms with E-state index < -0.39 is 17.8 Å². The maximum absolute atomic E-state index is 14.2. The van der Waals surface area contributed by atoms with Crippen LogP contribution >= 0.6 is 0 Å². The lowest BCUT2D eigenvalue weighted by atomic mass is 9.75. The van der Waals surface area contributed by atoms with Gasteiger partial charge in [-0.05, 0) is 36.5 Å². The molecule has 2 aromatic rings. The molecule has 1 atom stereocenters. The fourth-order valence-electron chi connectivity index (χ4n) is 3.18. The predicted molar refractivity (Wildman–Crippen MR) is 92.7 cm³/mol. The molecule has 0 aliphatic heterocycles. The summed E-state index contributed by atoms with van der Waals surface area (Å²) in [5.74, 6) is -0.544. The first-order valence-corrected chi connectivity index (χ1v) is 8.34. The largest absolute Gasteiger partial charge is 0.496 e. The zero-order valence-corrected chi connectivity index (χ0v) is 14.6. The van der Waals surface area contributed by atoms with Gasteiger partial charge in [0.25, 0.3) is 5.91 Å². The highest BCUT2D eigenvalue weighted by atomic mass is 19.1. The molecule has 1 saturated carbocycles. The predicted octanol–water partition coefficient (Wildman–Crippen LogP) is 2.48. The first kappa shape index (κ1) is 18.1. The van der Waals surface area contributed by atoms with Crippen molar-refractivity contribution in [2.45, 2.75) is 25.0 Å². The Morgan fingerprint density at radius 3 is 2.62 bits per heavy atom. The molecule has 0 spiro atoms. The van der Waals surface area contributed by atoms with E-state index in [0.29, 0.717) is 18.7 Å². The van der Waals surface area contributed by atoms with Crippen molar-refractivity contribution in [1.82, 2.24) is 10.3 Å². The van der Waals surface area contributed by atoms with Gasteiger partial charge in [-0.3, -0.25) is 4.79 Å². The Bertz CT molecular complexity index is 776. The monoisotopic (exact) mass is 360 g/mol. The van der Waals surface area contributed by atoms with E-state index in [0.717, 1.165) is 5.56 Å². The normalized spacial score (nSPS) is 20.0. The van der Waals surface area contributed by atoms with E-state index >= 15 is 0 Å². The number of methoxy groups -OCH3 is 2. The van der Waals surface area contributed by atoms with Gasteiger partial charge in [0.2, 0.25) is 5.88 Å². The second-order valence-electron chi connectivity index (χ2n) is 6.29. The lowest BCUT2D eigenvalue weighted by Crippen LogP contribution is -2.41. The molecule has 26 heavy (non-hydrogen) atoms. The molecular formula is C19H21FN2O4. The highest BCUT2D eigenvalue weighted by Gasteiger charge is 2.36. The Morgan fingerprint density at radius 1 is 1.27 bits per heavy atom. The molecule has 7 heteroatoms. The van der Waals surface area contributed by atoms with Crippen LogP contribution < -0.4 is 14.8 Å². The smallest absolute Gasteiger partial charge is 0.258 e. The van der Waals surface area contributed by atoms with Crippen molar-refractivity contribution in [1.29, 1.82) is 0 Å². The summed E-state index contributed by atoms with van der Waals surface area (Å²) in [5, 5.41) is 12.5. The molecule has 1 aliphatic carbocycles. The van der Waals surface area contributed by atoms with Gasteiger partial charge in [-0.1, -0.05) is 12.1 Å². The molecule has 1 aliphatic rings. The number of ether oxygens (including phenoxy) is 2. The lowest BCUT2D eigenvalue weighted by molar-refractivity contribution is 0.0233. The highest BCUT2D eigenvalue weighted by Crippen LogP contribution is 2.38. The summed E-state index contributed by atoms with van der Waals surface area (Å²) in [6, 6.07) is 7.35. The van der Waals surface area contributed by atoms with Crippen molar-refractivity contribution in [3.8, 4) is 11.6 Å². The summed E-state index contributed by atoms with van der Waals surface area (Å²) in [4.78, 5) is 16.9. The van der Waals surface area contributed by atoms with Crippen molar-refractivity contribution < 1.29 is 23.8 Å². The van der Waals surface area contributed by atoms with Gasteiger partial charge in [0.1, 0.15) is 17.1 Å². The van der Waals surface area contributed by atoms with Gasteiger partial charge in [0.15, 0.2) is 0 Å². The minimum absolute atomic E-state index is 0.0434. The van der Waals surface area contributed by atoms with Crippen LogP contribution in [0.15, 0.2) is 36.5 Å². The molecule has 138 valence electrons. The zero-order chi connectivity index (χ0) is 18.7. The number of aromatic nitrogens is 1. The SMILES string of the molecule is COc1ccc([C@H](NC(=O)c2c(F)cccc2OC)C2CC(O)C2)cn1. The Labute approximate surface area is 151 Å². The zero-order valence-electron chi connectivity index (χ0n) is 14.6. The quantitative estimate of drug-likeness (QED) is 0.827. The number of pyridine rings is 1. The van der Waals surface area contributed by atoms with Gasteiger partial charge in [0.05, 0.1) is 26.4 Å². The number of amides is 1. The van der Waals surface area contributed by atoms with Crippen molar-refractivity contribution in [2.75, 3.05) is 14.2 Å². The third-order valence-electron chi connectivity index (χ3n) is 4.66. The van der Waals surface area contributed by atoms with Crippen LogP contribution in [-0.4, -0.2) is 36.3 Å². The number of aliphatic hydroxyl groups excluding tert-OH is 1. The summed E-state index contributed by atoms with van der Waals surface area (Å²) in [6.45, 7) is 0. The minimum atomic E-state index is -0.651. The Morgan fingerprint density at radius 2 is 2.04 bits per heavy atom. The minimum Gasteiger partial charge on any atom is -0.496 e. The number of nitrogens with one attached hydrogen (secondary N) is 1. The van der Waals surface area contributed by atoms with E-state index in [1.165, 1.54) is 32.4 Å². The molecule has 2 N–H and O–H groups in total. The van der Waals surface area contributed by atoms with Crippen LogP contribution in [0.3, 0.4) is 0 Å². The molecule has 0 saturated heterocycles. The lowest BCUT2D eigenvalue weighted by Gasteiger charge is -2.38. The molecule has 1 heterocycles. The van der Waals surface area contributed by atoms with Crippen LogP contribution in [0.25, 0.3) is 0 Å². The number of carbonyl (C=O) groups excluding carboxylic acids is 1. The van der Waals surface area contributed by atoms with E-state index in [1.807, 2.05) is 0 Å². The Balaban J connectivity index is 1.87. The second kappa shape index (κ2) is 7.70. The van der Waals surface area contributed by atoms with Crippen molar-refractivity contribution in [2.24, 2.45) is 5.92 Å². The number of aliphatic hydroxyl groups is 1. The molecule has 6 nitrogen and oxygen atoms in total. The molecule has 1 aromatic carbocycles. The van der Waals surface area contributed by atoms with Gasteiger partial charge in [0, 0.05) is 12.3 Å². The van der Waals surface area contributed by atoms with E-state index in [9.17, 15) is 14.3 Å². The van der Waals surface area contributed by atoms with Crippen LogP contribution in [0, 0.1) is 11.7 Å².